The van der Waals surface area contributed by atoms with E-state index in [4.69, 9.17) is 32.0 Å². The van der Waals surface area contributed by atoms with Crippen LogP contribution in [0.5, 0.6) is 0 Å². The largest absolute Gasteiger partial charge is 0.383 e. The molecule has 4 fully saturated rings. The van der Waals surface area contributed by atoms with E-state index in [2.05, 4.69) is 42.7 Å². The number of amides is 2. The van der Waals surface area contributed by atoms with Gasteiger partial charge in [0.15, 0.2) is 0 Å². The van der Waals surface area contributed by atoms with E-state index in [-0.39, 0.29) is 35.5 Å². The molecule has 0 saturated heterocycles. The van der Waals surface area contributed by atoms with Gasteiger partial charge in [-0.25, -0.2) is 19.9 Å². The number of anilines is 4. The Bertz CT molecular complexity index is 2610. The average Bonchev–Trinajstić information content (AvgIpc) is 4.01. The summed E-state index contributed by atoms with van der Waals surface area (Å²) >= 11 is 0. The Kier molecular flexibility index (Phi) is 10.0. The quantitative estimate of drug-likeness (QED) is 0.104. The number of pyridine rings is 6. The molecule has 0 aliphatic heterocycles. The van der Waals surface area contributed by atoms with Crippen LogP contribution < -0.4 is 22.1 Å². The van der Waals surface area contributed by atoms with Crippen LogP contribution in [0.25, 0.3) is 44.1 Å². The molecule has 14 nitrogen and oxygen atoms in total. The van der Waals surface area contributed by atoms with E-state index in [1.165, 1.54) is 0 Å². The van der Waals surface area contributed by atoms with E-state index < -0.39 is 0 Å². The molecule has 6 N–H and O–H groups in total. The Labute approximate surface area is 346 Å². The molecule has 6 aromatic heterocycles. The normalized spacial score (nSPS) is 20.0. The van der Waals surface area contributed by atoms with Crippen molar-refractivity contribution in [2.24, 2.45) is 23.7 Å². The topological polar surface area (TPSA) is 235 Å². The standard InChI is InChI=1S/2C23H22N6O/c2*1-12-5-7-26-10-17(12)21-20(13-2-3-13)16-9-19(27-11-18(16)22(25)29-21)28-23(30)15-8-14(15)4-6-24/h2*5,7,9-11,13-15H,2-4,8H2,1H3,(H2,25,29)(H,27,28,30)/t2*14-,15-/m10/s1. The first-order valence-corrected chi connectivity index (χ1v) is 20.5. The van der Waals surface area contributed by atoms with Gasteiger partial charge in [-0.15, -0.1) is 0 Å². The number of nitrogens with zero attached hydrogens (tertiary/aromatic N) is 8. The Morgan fingerprint density at radius 3 is 1.45 bits per heavy atom. The van der Waals surface area contributed by atoms with Crippen LogP contribution in [-0.4, -0.2) is 41.7 Å². The van der Waals surface area contributed by atoms with Crippen molar-refractivity contribution in [3.05, 3.63) is 83.7 Å². The van der Waals surface area contributed by atoms with Crippen molar-refractivity contribution in [1.29, 1.82) is 10.5 Å². The minimum absolute atomic E-state index is 0.0690. The van der Waals surface area contributed by atoms with Crippen molar-refractivity contribution in [1.82, 2.24) is 29.9 Å². The molecule has 4 aliphatic rings. The zero-order chi connectivity index (χ0) is 41.7. The molecule has 0 aromatic carbocycles. The van der Waals surface area contributed by atoms with Gasteiger partial charge in [0.05, 0.1) is 23.5 Å². The van der Waals surface area contributed by atoms with Gasteiger partial charge in [-0.1, -0.05) is 0 Å². The highest BCUT2D eigenvalue weighted by atomic mass is 16.2. The highest BCUT2D eigenvalue weighted by molar-refractivity contribution is 6.02. The van der Waals surface area contributed by atoms with Gasteiger partial charge in [-0.2, -0.15) is 10.5 Å². The Hall–Kier alpha value is -7.06. The second-order valence-corrected chi connectivity index (χ2v) is 16.6. The third-order valence-corrected chi connectivity index (χ3v) is 12.2. The number of aryl methyl sites for hydroxylation is 2. The second kappa shape index (κ2) is 15.6. The first-order valence-electron chi connectivity index (χ1n) is 20.5. The third kappa shape index (κ3) is 7.64. The minimum atomic E-state index is -0.0961. The van der Waals surface area contributed by atoms with Crippen molar-refractivity contribution in [3.8, 4) is 34.7 Å². The van der Waals surface area contributed by atoms with E-state index in [9.17, 15) is 9.59 Å². The molecule has 4 atom stereocenters. The van der Waals surface area contributed by atoms with Crippen molar-refractivity contribution in [3.63, 3.8) is 0 Å². The number of carbonyl (C=O) groups is 2. The van der Waals surface area contributed by atoms with Crippen LogP contribution in [0.1, 0.15) is 85.5 Å². The number of nitrogen functional groups attached to an aromatic ring is 2. The van der Waals surface area contributed by atoms with Gasteiger partial charge in [0.1, 0.15) is 23.3 Å². The van der Waals surface area contributed by atoms with Crippen LogP contribution in [0, 0.1) is 60.2 Å². The summed E-state index contributed by atoms with van der Waals surface area (Å²) < 4.78 is 0. The molecule has 4 saturated carbocycles. The lowest BCUT2D eigenvalue weighted by Crippen LogP contribution is -2.16. The van der Waals surface area contributed by atoms with E-state index in [0.29, 0.717) is 47.9 Å². The smallest absolute Gasteiger partial charge is 0.228 e. The van der Waals surface area contributed by atoms with Crippen molar-refractivity contribution in [2.75, 3.05) is 22.1 Å². The highest BCUT2D eigenvalue weighted by Crippen LogP contribution is 2.50. The molecular weight excluding hydrogens is 753 g/mol. The molecule has 0 bridgehead atoms. The van der Waals surface area contributed by atoms with Gasteiger partial charge in [0.25, 0.3) is 0 Å². The third-order valence-electron chi connectivity index (χ3n) is 12.2. The lowest BCUT2D eigenvalue weighted by molar-refractivity contribution is -0.118. The fraction of sp³-hybridized carbons (Fsp3) is 0.348. The van der Waals surface area contributed by atoms with Crippen LogP contribution >= 0.6 is 0 Å². The van der Waals surface area contributed by atoms with Crippen LogP contribution in [0.4, 0.5) is 23.3 Å². The number of hydrogen-bond donors (Lipinski definition) is 4. The summed E-state index contributed by atoms with van der Waals surface area (Å²) in [5.41, 5.74) is 20.8. The maximum Gasteiger partial charge on any atom is 0.228 e. The Morgan fingerprint density at radius 1 is 0.667 bits per heavy atom. The second-order valence-electron chi connectivity index (χ2n) is 16.6. The maximum atomic E-state index is 12.5. The van der Waals surface area contributed by atoms with Gasteiger partial charge < -0.3 is 22.1 Å². The molecule has 0 unspecified atom stereocenters. The van der Waals surface area contributed by atoms with E-state index in [1.807, 2.05) is 50.5 Å². The fourth-order valence-electron chi connectivity index (χ4n) is 8.30. The summed E-state index contributed by atoms with van der Waals surface area (Å²) in [6, 6.07) is 12.0. The molecule has 300 valence electrons. The van der Waals surface area contributed by atoms with Gasteiger partial charge in [0.2, 0.25) is 11.8 Å². The molecule has 0 spiro atoms. The first-order chi connectivity index (χ1) is 29.1. The van der Waals surface area contributed by atoms with Gasteiger partial charge >= 0.3 is 0 Å². The molecule has 0 radical (unpaired) electrons. The highest BCUT2D eigenvalue weighted by Gasteiger charge is 2.43. The summed E-state index contributed by atoms with van der Waals surface area (Å²) in [4.78, 5) is 51.9. The number of carbonyl (C=O) groups excluding carboxylic acids is 2. The molecule has 10 rings (SSSR count). The van der Waals surface area contributed by atoms with E-state index in [0.717, 1.165) is 105 Å². The van der Waals surface area contributed by atoms with E-state index in [1.54, 1.807) is 24.8 Å². The maximum absolute atomic E-state index is 12.5. The number of nitrogens with two attached hydrogens (primary N) is 2. The lowest BCUT2D eigenvalue weighted by Gasteiger charge is -2.16. The molecule has 4 aliphatic carbocycles. The molecule has 2 amide bonds. The summed E-state index contributed by atoms with van der Waals surface area (Å²) in [7, 11) is 0. The summed E-state index contributed by atoms with van der Waals surface area (Å²) in [5.74, 6) is 2.71. The number of rotatable bonds is 10. The molecule has 60 heavy (non-hydrogen) atoms. The van der Waals surface area contributed by atoms with Gasteiger partial charge in [-0.05, 0) is 133 Å². The van der Waals surface area contributed by atoms with Crippen molar-refractivity contribution in [2.45, 2.75) is 77.0 Å². The monoisotopic (exact) mass is 796 g/mol. The van der Waals surface area contributed by atoms with Gasteiger partial charge in [0, 0.05) is 83.8 Å². The lowest BCUT2D eigenvalue weighted by atomic mass is 9.95. The van der Waals surface area contributed by atoms with Crippen LogP contribution in [0.2, 0.25) is 0 Å². The zero-order valence-corrected chi connectivity index (χ0v) is 33.4. The number of nitrogens with one attached hydrogen (secondary N) is 2. The van der Waals surface area contributed by atoms with Gasteiger partial charge in [-0.3, -0.25) is 19.6 Å². The first kappa shape index (κ1) is 38.5. The SMILES string of the molecule is Cc1ccncc1-c1nc(N)c2cnc(NC(=O)[C@@H]3C[C@H]3CC#N)cc2c1C1CC1.Cc1ccncc1-c1nc(N)c2cnc(NC(=O)[C@H]3C[C@@H]3CC#N)cc2c1C1CC1. The van der Waals surface area contributed by atoms with Crippen molar-refractivity contribution < 1.29 is 9.59 Å². The number of fused-ring (bicyclic) bond motifs is 2. The predicted molar refractivity (Wildman–Crippen MR) is 229 cm³/mol. The number of nitriles is 2. The zero-order valence-electron chi connectivity index (χ0n) is 33.4. The van der Waals surface area contributed by atoms with Crippen LogP contribution in [0.15, 0.2) is 61.4 Å². The van der Waals surface area contributed by atoms with Crippen molar-refractivity contribution >= 4 is 56.6 Å². The summed E-state index contributed by atoms with van der Waals surface area (Å²) in [6.07, 6.45) is 17.4. The minimum Gasteiger partial charge on any atom is -0.383 e. The molecule has 6 heterocycles. The average molecular weight is 797 g/mol. The van der Waals surface area contributed by atoms with E-state index >= 15 is 0 Å². The Morgan fingerprint density at radius 2 is 1.08 bits per heavy atom. The Balaban J connectivity index is 0.000000154. The van der Waals surface area contributed by atoms with Crippen LogP contribution in [0.3, 0.4) is 0 Å². The summed E-state index contributed by atoms with van der Waals surface area (Å²) in [5, 5.41) is 27.1. The van der Waals surface area contributed by atoms with Crippen LogP contribution in [-0.2, 0) is 9.59 Å². The molecule has 6 aromatic rings. The molecule has 14 heteroatoms. The number of hydrogen-bond acceptors (Lipinski definition) is 12. The number of aromatic nitrogens is 6. The molecular formula is C46H44N12O2. The summed E-state index contributed by atoms with van der Waals surface area (Å²) in [6.45, 7) is 4.09. The predicted octanol–water partition coefficient (Wildman–Crippen LogP) is 7.90. The fourth-order valence-corrected chi connectivity index (χ4v) is 8.30.